The molecule has 2 aliphatic rings. The van der Waals surface area contributed by atoms with Crippen molar-refractivity contribution in [3.63, 3.8) is 0 Å². The van der Waals surface area contributed by atoms with Gasteiger partial charge in [-0.1, -0.05) is 18.2 Å². The second-order valence-electron chi connectivity index (χ2n) is 8.70. The Hall–Kier alpha value is -4.21. The van der Waals surface area contributed by atoms with E-state index in [1.807, 2.05) is 17.0 Å². The number of hydrogen-bond donors (Lipinski definition) is 1. The van der Waals surface area contributed by atoms with Gasteiger partial charge in [0, 0.05) is 37.9 Å². The van der Waals surface area contributed by atoms with Crippen LogP contribution in [-0.4, -0.2) is 55.0 Å². The number of carbonyl (C=O) groups excluding carboxylic acids is 1. The van der Waals surface area contributed by atoms with Crippen LogP contribution in [0.4, 0.5) is 29.3 Å². The standard InChI is InChI=1S/C27H25F3N4O3/c1-36-20-7-4-6-19(17-20)31-26(35)34-13-5-12-33(14-15-34)25-21-8-2-3-9-23(21)37-24-16-18(27(28,29)30)10-11-22(24)32-25/h2-4,6-11,16-17H,5,12-15H2,1H3,(H,31,35). The number of urea groups is 1. The summed E-state index contributed by atoms with van der Waals surface area (Å²) in [6, 6.07) is 17.4. The summed E-state index contributed by atoms with van der Waals surface area (Å²) in [5.74, 6) is 1.72. The monoisotopic (exact) mass is 510 g/mol. The highest BCUT2D eigenvalue weighted by atomic mass is 19.4. The predicted octanol–water partition coefficient (Wildman–Crippen LogP) is 6.14. The second kappa shape index (κ2) is 10.0. The quantitative estimate of drug-likeness (QED) is 0.450. The first-order chi connectivity index (χ1) is 17.8. The van der Waals surface area contributed by atoms with Crippen molar-refractivity contribution in [2.45, 2.75) is 12.6 Å². The van der Waals surface area contributed by atoms with Gasteiger partial charge in [0.1, 0.15) is 23.0 Å². The van der Waals surface area contributed by atoms with Gasteiger partial charge in [-0.15, -0.1) is 0 Å². The molecule has 0 saturated carbocycles. The van der Waals surface area contributed by atoms with Gasteiger partial charge in [0.05, 0.1) is 18.2 Å². The molecule has 1 fully saturated rings. The molecule has 1 saturated heterocycles. The third-order valence-electron chi connectivity index (χ3n) is 6.27. The zero-order valence-corrected chi connectivity index (χ0v) is 20.1. The largest absolute Gasteiger partial charge is 0.497 e. The molecule has 3 aromatic carbocycles. The van der Waals surface area contributed by atoms with Crippen molar-refractivity contribution in [3.8, 4) is 17.2 Å². The Morgan fingerprint density at radius 3 is 2.62 bits per heavy atom. The third-order valence-corrected chi connectivity index (χ3v) is 6.27. The van der Waals surface area contributed by atoms with E-state index in [9.17, 15) is 18.0 Å². The lowest BCUT2D eigenvalue weighted by Gasteiger charge is -2.25. The minimum Gasteiger partial charge on any atom is -0.497 e. The van der Waals surface area contributed by atoms with Crippen molar-refractivity contribution >= 4 is 23.2 Å². The number of nitrogens with one attached hydrogen (secondary N) is 1. The smallest absolute Gasteiger partial charge is 0.416 e. The molecule has 2 aliphatic heterocycles. The van der Waals surface area contributed by atoms with E-state index < -0.39 is 11.7 Å². The fraction of sp³-hybridized carbons (Fsp3) is 0.259. The SMILES string of the molecule is COc1cccc(NC(=O)N2CCCN(C3=Nc4ccc(C(F)(F)F)cc4Oc4ccccc43)CC2)c1. The van der Waals surface area contributed by atoms with Gasteiger partial charge in [-0.3, -0.25) is 0 Å². The first-order valence-corrected chi connectivity index (χ1v) is 11.8. The molecule has 192 valence electrons. The van der Waals surface area contributed by atoms with Crippen molar-refractivity contribution in [3.05, 3.63) is 77.9 Å². The van der Waals surface area contributed by atoms with E-state index >= 15 is 0 Å². The molecule has 2 heterocycles. The number of nitrogens with zero attached hydrogens (tertiary/aromatic N) is 3. The summed E-state index contributed by atoms with van der Waals surface area (Å²) in [4.78, 5) is 21.5. The van der Waals surface area contributed by atoms with Crippen LogP contribution in [0, 0.1) is 0 Å². The number of halogens is 3. The highest BCUT2D eigenvalue weighted by Gasteiger charge is 2.32. The molecule has 2 amide bonds. The Labute approximate surface area is 212 Å². The third kappa shape index (κ3) is 5.32. The number of alkyl halides is 3. The average Bonchev–Trinajstić information content (AvgIpc) is 3.23. The molecule has 0 atom stereocenters. The van der Waals surface area contributed by atoms with Gasteiger partial charge in [0.2, 0.25) is 0 Å². The van der Waals surface area contributed by atoms with Crippen molar-refractivity contribution in [2.24, 2.45) is 4.99 Å². The number of benzene rings is 3. The fourth-order valence-electron chi connectivity index (χ4n) is 4.37. The van der Waals surface area contributed by atoms with Crippen LogP contribution in [0.5, 0.6) is 17.2 Å². The number of amidine groups is 1. The second-order valence-corrected chi connectivity index (χ2v) is 8.70. The number of ether oxygens (including phenoxy) is 2. The van der Waals surface area contributed by atoms with E-state index in [0.29, 0.717) is 66.9 Å². The first kappa shape index (κ1) is 24.5. The summed E-state index contributed by atoms with van der Waals surface area (Å²) in [6.45, 7) is 2.10. The number of amides is 2. The topological polar surface area (TPSA) is 66.4 Å². The van der Waals surface area contributed by atoms with Crippen LogP contribution in [0.1, 0.15) is 17.5 Å². The molecular weight excluding hydrogens is 485 g/mol. The molecule has 1 N–H and O–H groups in total. The molecule has 0 aromatic heterocycles. The summed E-state index contributed by atoms with van der Waals surface area (Å²) in [7, 11) is 1.57. The van der Waals surface area contributed by atoms with Gasteiger partial charge >= 0.3 is 12.2 Å². The summed E-state index contributed by atoms with van der Waals surface area (Å²) in [5.41, 5.74) is 0.840. The minimum atomic E-state index is -4.49. The number of anilines is 1. The lowest BCUT2D eigenvalue weighted by Crippen LogP contribution is -2.39. The molecular formula is C27H25F3N4O3. The molecule has 0 unspecified atom stereocenters. The number of carbonyl (C=O) groups is 1. The van der Waals surface area contributed by atoms with Crippen molar-refractivity contribution in [1.82, 2.24) is 9.80 Å². The van der Waals surface area contributed by atoms with Crippen LogP contribution >= 0.6 is 0 Å². The van der Waals surface area contributed by atoms with E-state index in [2.05, 4.69) is 5.32 Å². The van der Waals surface area contributed by atoms with E-state index in [-0.39, 0.29) is 11.8 Å². The number of methoxy groups -OCH3 is 1. The fourth-order valence-corrected chi connectivity index (χ4v) is 4.37. The number of aliphatic imine (C=N–C) groups is 1. The van der Waals surface area contributed by atoms with Crippen LogP contribution in [0.25, 0.3) is 0 Å². The van der Waals surface area contributed by atoms with Crippen molar-refractivity contribution in [1.29, 1.82) is 0 Å². The molecule has 0 spiro atoms. The molecule has 3 aromatic rings. The first-order valence-electron chi connectivity index (χ1n) is 11.8. The number of rotatable bonds is 2. The lowest BCUT2D eigenvalue weighted by atomic mass is 10.1. The maximum Gasteiger partial charge on any atom is 0.416 e. The van der Waals surface area contributed by atoms with Crippen LogP contribution < -0.4 is 14.8 Å². The maximum absolute atomic E-state index is 13.3. The van der Waals surface area contributed by atoms with E-state index in [4.69, 9.17) is 14.5 Å². The summed E-state index contributed by atoms with van der Waals surface area (Å²) in [5, 5.41) is 2.91. The zero-order valence-electron chi connectivity index (χ0n) is 20.1. The highest BCUT2D eigenvalue weighted by Crippen LogP contribution is 2.41. The van der Waals surface area contributed by atoms with Crippen LogP contribution in [-0.2, 0) is 6.18 Å². The normalized spacial score (nSPS) is 15.4. The summed E-state index contributed by atoms with van der Waals surface area (Å²) >= 11 is 0. The van der Waals surface area contributed by atoms with Gasteiger partial charge in [-0.2, -0.15) is 13.2 Å². The van der Waals surface area contributed by atoms with E-state index in [1.165, 1.54) is 6.07 Å². The van der Waals surface area contributed by atoms with Crippen LogP contribution in [0.3, 0.4) is 0 Å². The van der Waals surface area contributed by atoms with Gasteiger partial charge in [0.25, 0.3) is 0 Å². The van der Waals surface area contributed by atoms with Gasteiger partial charge in [-0.25, -0.2) is 9.79 Å². The number of para-hydroxylation sites is 1. The lowest BCUT2D eigenvalue weighted by molar-refractivity contribution is -0.137. The number of fused-ring (bicyclic) bond motifs is 2. The molecule has 0 radical (unpaired) electrons. The predicted molar refractivity (Wildman–Crippen MR) is 134 cm³/mol. The average molecular weight is 511 g/mol. The van der Waals surface area contributed by atoms with E-state index in [1.54, 1.807) is 48.4 Å². The number of hydrogen-bond acceptors (Lipinski definition) is 5. The Kier molecular flexibility index (Phi) is 6.64. The Morgan fingerprint density at radius 1 is 0.973 bits per heavy atom. The molecule has 5 rings (SSSR count). The summed E-state index contributed by atoms with van der Waals surface area (Å²) in [6.07, 6.45) is -3.80. The van der Waals surface area contributed by atoms with Crippen molar-refractivity contribution in [2.75, 3.05) is 38.6 Å². The Bertz CT molecular complexity index is 1340. The minimum absolute atomic E-state index is 0.0476. The van der Waals surface area contributed by atoms with Gasteiger partial charge in [0.15, 0.2) is 5.75 Å². The van der Waals surface area contributed by atoms with Crippen molar-refractivity contribution < 1.29 is 27.4 Å². The summed E-state index contributed by atoms with van der Waals surface area (Å²) < 4.78 is 51.0. The Balaban J connectivity index is 1.38. The van der Waals surface area contributed by atoms with Gasteiger partial charge in [-0.05, 0) is 48.9 Å². The highest BCUT2D eigenvalue weighted by molar-refractivity contribution is 6.03. The molecule has 37 heavy (non-hydrogen) atoms. The maximum atomic E-state index is 13.3. The van der Waals surface area contributed by atoms with Crippen LogP contribution in [0.2, 0.25) is 0 Å². The molecule has 0 aliphatic carbocycles. The van der Waals surface area contributed by atoms with Crippen LogP contribution in [0.15, 0.2) is 71.7 Å². The van der Waals surface area contributed by atoms with Gasteiger partial charge < -0.3 is 24.6 Å². The molecule has 0 bridgehead atoms. The van der Waals surface area contributed by atoms with E-state index in [0.717, 1.165) is 12.1 Å². The molecule has 7 nitrogen and oxygen atoms in total. The molecule has 10 heteroatoms. The zero-order chi connectivity index (χ0) is 26.0. The Morgan fingerprint density at radius 2 is 1.81 bits per heavy atom.